The van der Waals surface area contributed by atoms with Crippen LogP contribution < -0.4 is 5.32 Å². The van der Waals surface area contributed by atoms with Crippen molar-refractivity contribution in [2.24, 2.45) is 5.92 Å². The van der Waals surface area contributed by atoms with Gasteiger partial charge in [0.15, 0.2) is 0 Å². The Balaban J connectivity index is 1.73. The predicted molar refractivity (Wildman–Crippen MR) is 75.3 cm³/mol. The number of urea groups is 1. The minimum absolute atomic E-state index is 0.109. The Bertz CT molecular complexity index is 558. The van der Waals surface area contributed by atoms with Crippen LogP contribution in [0.25, 0.3) is 0 Å². The van der Waals surface area contributed by atoms with E-state index in [1.54, 1.807) is 13.0 Å². The Morgan fingerprint density at radius 3 is 2.71 bits per heavy atom. The maximum absolute atomic E-state index is 12.7. The number of hydrogen-bond acceptors (Lipinski definition) is 4. The minimum Gasteiger partial charge on any atom is -0.361 e. The SMILES string of the molecule is CCC1CCC2(CC1)NC(=O)N(Cc1cc(C)on1)C2=O. The van der Waals surface area contributed by atoms with E-state index in [1.165, 1.54) is 4.90 Å². The van der Waals surface area contributed by atoms with Crippen molar-refractivity contribution in [1.82, 2.24) is 15.4 Å². The average Bonchev–Trinajstić information content (AvgIpc) is 2.98. The maximum atomic E-state index is 12.7. The lowest BCUT2D eigenvalue weighted by Crippen LogP contribution is -2.49. The Kier molecular flexibility index (Phi) is 3.47. The quantitative estimate of drug-likeness (QED) is 0.867. The van der Waals surface area contributed by atoms with Gasteiger partial charge in [0.2, 0.25) is 0 Å². The fraction of sp³-hybridized carbons (Fsp3) is 0.667. The van der Waals surface area contributed by atoms with Crippen molar-refractivity contribution in [1.29, 1.82) is 0 Å². The summed E-state index contributed by atoms with van der Waals surface area (Å²) in [5.41, 5.74) is -0.0723. The Morgan fingerprint density at radius 2 is 2.14 bits per heavy atom. The zero-order valence-electron chi connectivity index (χ0n) is 12.5. The van der Waals surface area contributed by atoms with Crippen LogP contribution in [0, 0.1) is 12.8 Å². The number of nitrogens with one attached hydrogen (secondary N) is 1. The third-order valence-corrected chi connectivity index (χ3v) is 4.78. The molecule has 3 amide bonds. The molecule has 1 aromatic heterocycles. The standard InChI is InChI=1S/C15H21N3O3/c1-3-11-4-6-15(7-5-11)13(19)18(14(20)16-15)9-12-8-10(2)21-17-12/h8,11H,3-7,9H2,1-2H3,(H,16,20). The van der Waals surface area contributed by atoms with Crippen LogP contribution in [0.1, 0.15) is 50.5 Å². The molecule has 1 aromatic rings. The van der Waals surface area contributed by atoms with Crippen LogP contribution in [-0.4, -0.2) is 27.5 Å². The Labute approximate surface area is 123 Å². The summed E-state index contributed by atoms with van der Waals surface area (Å²) < 4.78 is 4.99. The van der Waals surface area contributed by atoms with Gasteiger partial charge >= 0.3 is 6.03 Å². The molecule has 21 heavy (non-hydrogen) atoms. The van der Waals surface area contributed by atoms with Crippen molar-refractivity contribution in [3.05, 3.63) is 17.5 Å². The summed E-state index contributed by atoms with van der Waals surface area (Å²) in [4.78, 5) is 26.1. The molecule has 1 spiro atoms. The van der Waals surface area contributed by atoms with Gasteiger partial charge in [0.05, 0.1) is 6.54 Å². The van der Waals surface area contributed by atoms with E-state index in [-0.39, 0.29) is 18.5 Å². The van der Waals surface area contributed by atoms with Gasteiger partial charge in [-0.3, -0.25) is 9.69 Å². The van der Waals surface area contributed by atoms with Gasteiger partial charge in [-0.05, 0) is 38.5 Å². The van der Waals surface area contributed by atoms with Crippen molar-refractivity contribution in [3.8, 4) is 0 Å². The van der Waals surface area contributed by atoms with Crippen LogP contribution in [-0.2, 0) is 11.3 Å². The molecule has 2 fully saturated rings. The van der Waals surface area contributed by atoms with Crippen molar-refractivity contribution in [3.63, 3.8) is 0 Å². The molecule has 2 heterocycles. The zero-order chi connectivity index (χ0) is 15.0. The van der Waals surface area contributed by atoms with Gasteiger partial charge in [-0.2, -0.15) is 0 Å². The summed E-state index contributed by atoms with van der Waals surface area (Å²) >= 11 is 0. The molecule has 6 nitrogen and oxygen atoms in total. The molecule has 2 aliphatic rings. The second kappa shape index (κ2) is 5.16. The second-order valence-electron chi connectivity index (χ2n) is 6.18. The van der Waals surface area contributed by atoms with E-state index in [1.807, 2.05) is 0 Å². The normalized spacial score (nSPS) is 29.2. The van der Waals surface area contributed by atoms with Crippen LogP contribution >= 0.6 is 0 Å². The number of carbonyl (C=O) groups excluding carboxylic acids is 2. The molecule has 0 bridgehead atoms. The molecule has 114 valence electrons. The molecule has 1 saturated heterocycles. The zero-order valence-corrected chi connectivity index (χ0v) is 12.5. The van der Waals surface area contributed by atoms with Crippen LogP contribution in [0.3, 0.4) is 0 Å². The molecular weight excluding hydrogens is 270 g/mol. The summed E-state index contributed by atoms with van der Waals surface area (Å²) in [6.45, 7) is 4.15. The smallest absolute Gasteiger partial charge is 0.325 e. The third kappa shape index (κ3) is 2.43. The summed E-state index contributed by atoms with van der Waals surface area (Å²) in [5, 5.41) is 6.78. The Morgan fingerprint density at radius 1 is 1.43 bits per heavy atom. The first kappa shape index (κ1) is 14.1. The number of amides is 3. The summed E-state index contributed by atoms with van der Waals surface area (Å²) in [7, 11) is 0. The van der Waals surface area contributed by atoms with Crippen LogP contribution in [0.2, 0.25) is 0 Å². The van der Waals surface area contributed by atoms with E-state index < -0.39 is 5.54 Å². The van der Waals surface area contributed by atoms with E-state index in [0.717, 1.165) is 32.1 Å². The number of hydrogen-bond donors (Lipinski definition) is 1. The summed E-state index contributed by atoms with van der Waals surface area (Å²) in [6.07, 6.45) is 4.62. The molecule has 1 saturated carbocycles. The van der Waals surface area contributed by atoms with Gasteiger partial charge < -0.3 is 9.84 Å². The highest BCUT2D eigenvalue weighted by molar-refractivity contribution is 6.07. The number of carbonyl (C=O) groups is 2. The van der Waals surface area contributed by atoms with Crippen LogP contribution in [0.4, 0.5) is 4.79 Å². The fourth-order valence-corrected chi connectivity index (χ4v) is 3.39. The molecule has 0 radical (unpaired) electrons. The number of aromatic nitrogens is 1. The number of rotatable bonds is 3. The molecule has 0 unspecified atom stereocenters. The van der Waals surface area contributed by atoms with Gasteiger partial charge in [-0.25, -0.2) is 4.79 Å². The van der Waals surface area contributed by atoms with E-state index in [2.05, 4.69) is 17.4 Å². The Hall–Kier alpha value is -1.85. The largest absolute Gasteiger partial charge is 0.361 e. The van der Waals surface area contributed by atoms with E-state index >= 15 is 0 Å². The predicted octanol–water partition coefficient (Wildman–Crippen LogP) is 2.37. The molecular formula is C15H21N3O3. The van der Waals surface area contributed by atoms with E-state index in [9.17, 15) is 9.59 Å². The lowest BCUT2D eigenvalue weighted by molar-refractivity contribution is -0.133. The first-order chi connectivity index (χ1) is 10.0. The lowest BCUT2D eigenvalue weighted by Gasteiger charge is -2.34. The molecule has 1 aliphatic carbocycles. The summed E-state index contributed by atoms with van der Waals surface area (Å²) in [5.74, 6) is 1.24. The molecule has 0 atom stereocenters. The fourth-order valence-electron chi connectivity index (χ4n) is 3.39. The highest BCUT2D eigenvalue weighted by Gasteiger charge is 2.52. The molecule has 1 N–H and O–H groups in total. The maximum Gasteiger partial charge on any atom is 0.325 e. The van der Waals surface area contributed by atoms with Crippen molar-refractivity contribution in [2.45, 2.75) is 58.0 Å². The molecule has 0 aromatic carbocycles. The van der Waals surface area contributed by atoms with E-state index in [4.69, 9.17) is 4.52 Å². The molecule has 1 aliphatic heterocycles. The van der Waals surface area contributed by atoms with Crippen molar-refractivity contribution < 1.29 is 14.1 Å². The van der Waals surface area contributed by atoms with Crippen molar-refractivity contribution >= 4 is 11.9 Å². The highest BCUT2D eigenvalue weighted by atomic mass is 16.5. The highest BCUT2D eigenvalue weighted by Crippen LogP contribution is 2.37. The van der Waals surface area contributed by atoms with Gasteiger partial charge in [-0.15, -0.1) is 0 Å². The average molecular weight is 291 g/mol. The van der Waals surface area contributed by atoms with Gasteiger partial charge in [0.1, 0.15) is 17.0 Å². The first-order valence-electron chi connectivity index (χ1n) is 7.60. The second-order valence-corrected chi connectivity index (χ2v) is 6.18. The number of nitrogens with zero attached hydrogens (tertiary/aromatic N) is 2. The van der Waals surface area contributed by atoms with Crippen LogP contribution in [0.5, 0.6) is 0 Å². The first-order valence-corrected chi connectivity index (χ1v) is 7.60. The van der Waals surface area contributed by atoms with Gasteiger partial charge in [0.25, 0.3) is 5.91 Å². The lowest BCUT2D eigenvalue weighted by atomic mass is 9.75. The summed E-state index contributed by atoms with van der Waals surface area (Å²) in [6, 6.07) is 1.44. The molecule has 3 rings (SSSR count). The van der Waals surface area contributed by atoms with Gasteiger partial charge in [0, 0.05) is 6.07 Å². The van der Waals surface area contributed by atoms with Crippen LogP contribution in [0.15, 0.2) is 10.6 Å². The number of imide groups is 1. The monoisotopic (exact) mass is 291 g/mol. The number of aryl methyl sites for hydroxylation is 1. The minimum atomic E-state index is -0.679. The third-order valence-electron chi connectivity index (χ3n) is 4.78. The molecule has 6 heteroatoms. The van der Waals surface area contributed by atoms with Gasteiger partial charge in [-0.1, -0.05) is 18.5 Å². The van der Waals surface area contributed by atoms with Crippen molar-refractivity contribution in [2.75, 3.05) is 0 Å². The topological polar surface area (TPSA) is 75.4 Å². The van der Waals surface area contributed by atoms with E-state index in [0.29, 0.717) is 17.4 Å².